The molecule has 0 unspecified atom stereocenters. The number of carbonyl (C=O) groups excluding carboxylic acids is 3. The molecule has 136 valence electrons. The minimum absolute atomic E-state index is 0.149. The number of ether oxygens (including phenoxy) is 2. The predicted molar refractivity (Wildman–Crippen MR) is 94.9 cm³/mol. The lowest BCUT2D eigenvalue weighted by atomic mass is 10.2. The molecule has 0 saturated carbocycles. The molecule has 1 N–H and O–H groups in total. The molecule has 0 aliphatic carbocycles. The van der Waals surface area contributed by atoms with E-state index in [9.17, 15) is 14.4 Å². The number of para-hydroxylation sites is 1. The number of nitrogens with one attached hydrogen (secondary N) is 1. The van der Waals surface area contributed by atoms with Crippen LogP contribution < -0.4 is 10.1 Å². The van der Waals surface area contributed by atoms with Crippen LogP contribution in [0.15, 0.2) is 54.6 Å². The van der Waals surface area contributed by atoms with E-state index in [0.717, 1.165) is 0 Å². The van der Waals surface area contributed by atoms with Gasteiger partial charge in [-0.3, -0.25) is 9.59 Å². The molecule has 2 amide bonds. The van der Waals surface area contributed by atoms with Gasteiger partial charge in [-0.05, 0) is 30.3 Å². The maximum absolute atomic E-state index is 12.1. The lowest BCUT2D eigenvalue weighted by Crippen LogP contribution is -2.38. The van der Waals surface area contributed by atoms with E-state index in [-0.39, 0.29) is 18.0 Å². The summed E-state index contributed by atoms with van der Waals surface area (Å²) in [6, 6.07) is 15.6. The first-order chi connectivity index (χ1) is 12.5. The summed E-state index contributed by atoms with van der Waals surface area (Å²) >= 11 is 0. The highest BCUT2D eigenvalue weighted by Crippen LogP contribution is 2.22. The maximum Gasteiger partial charge on any atom is 0.338 e. The van der Waals surface area contributed by atoms with Gasteiger partial charge in [0.25, 0.3) is 5.91 Å². The third-order valence-electron chi connectivity index (χ3n) is 3.32. The maximum atomic E-state index is 12.1. The Bertz CT molecular complexity index is 775. The summed E-state index contributed by atoms with van der Waals surface area (Å²) in [5, 5.41) is 2.38. The van der Waals surface area contributed by atoms with E-state index in [4.69, 9.17) is 9.47 Å². The van der Waals surface area contributed by atoms with Crippen molar-refractivity contribution >= 4 is 17.8 Å². The number of hydrogen-bond donors (Lipinski definition) is 1. The Balaban J connectivity index is 1.86. The van der Waals surface area contributed by atoms with Crippen molar-refractivity contribution in [3.63, 3.8) is 0 Å². The highest BCUT2D eigenvalue weighted by Gasteiger charge is 2.12. The van der Waals surface area contributed by atoms with Crippen LogP contribution in [0.1, 0.15) is 10.4 Å². The fraction of sp³-hybridized carbons (Fsp3) is 0.211. The zero-order valence-corrected chi connectivity index (χ0v) is 14.6. The molecule has 0 aromatic heterocycles. The van der Waals surface area contributed by atoms with Crippen LogP contribution in [-0.4, -0.2) is 49.9 Å². The van der Waals surface area contributed by atoms with Crippen molar-refractivity contribution in [3.05, 3.63) is 60.2 Å². The van der Waals surface area contributed by atoms with Gasteiger partial charge in [-0.2, -0.15) is 0 Å². The van der Waals surface area contributed by atoms with Crippen LogP contribution in [0.2, 0.25) is 0 Å². The normalized spacial score (nSPS) is 9.92. The molecule has 0 bridgehead atoms. The van der Waals surface area contributed by atoms with Gasteiger partial charge >= 0.3 is 5.97 Å². The van der Waals surface area contributed by atoms with E-state index >= 15 is 0 Å². The van der Waals surface area contributed by atoms with E-state index in [1.165, 1.54) is 11.0 Å². The topological polar surface area (TPSA) is 84.9 Å². The quantitative estimate of drug-likeness (QED) is 0.765. The van der Waals surface area contributed by atoms with Crippen LogP contribution in [0, 0.1) is 0 Å². The molecule has 7 heteroatoms. The minimum Gasteiger partial charge on any atom is -0.457 e. The Morgan fingerprint density at radius 3 is 2.35 bits per heavy atom. The molecule has 0 heterocycles. The number of esters is 1. The van der Waals surface area contributed by atoms with Crippen molar-refractivity contribution in [1.82, 2.24) is 10.2 Å². The van der Waals surface area contributed by atoms with E-state index in [1.54, 1.807) is 44.4 Å². The summed E-state index contributed by atoms with van der Waals surface area (Å²) in [6.07, 6.45) is 0. The van der Waals surface area contributed by atoms with E-state index < -0.39 is 18.5 Å². The fourth-order valence-corrected chi connectivity index (χ4v) is 1.91. The van der Waals surface area contributed by atoms with Crippen LogP contribution in [0.3, 0.4) is 0 Å². The monoisotopic (exact) mass is 356 g/mol. The van der Waals surface area contributed by atoms with Crippen molar-refractivity contribution in [3.8, 4) is 11.5 Å². The number of amides is 2. The molecule has 0 fully saturated rings. The summed E-state index contributed by atoms with van der Waals surface area (Å²) in [6.45, 7) is -0.618. The zero-order valence-electron chi connectivity index (χ0n) is 14.6. The molecule has 2 rings (SSSR count). The summed E-state index contributed by atoms with van der Waals surface area (Å²) < 4.78 is 10.6. The molecular weight excluding hydrogens is 336 g/mol. The molecule has 7 nitrogen and oxygen atoms in total. The van der Waals surface area contributed by atoms with Gasteiger partial charge in [-0.15, -0.1) is 0 Å². The summed E-state index contributed by atoms with van der Waals surface area (Å²) in [7, 11) is 3.16. The molecule has 2 aromatic rings. The van der Waals surface area contributed by atoms with Gasteiger partial charge in [0.2, 0.25) is 5.91 Å². The Labute approximate surface area is 151 Å². The van der Waals surface area contributed by atoms with Gasteiger partial charge in [0, 0.05) is 14.1 Å². The number of carbonyl (C=O) groups is 3. The van der Waals surface area contributed by atoms with Gasteiger partial charge in [-0.25, -0.2) is 4.79 Å². The Morgan fingerprint density at radius 1 is 0.962 bits per heavy atom. The average molecular weight is 356 g/mol. The van der Waals surface area contributed by atoms with Crippen LogP contribution in [0.4, 0.5) is 0 Å². The molecule has 26 heavy (non-hydrogen) atoms. The fourth-order valence-electron chi connectivity index (χ4n) is 1.91. The lowest BCUT2D eigenvalue weighted by Gasteiger charge is -2.11. The van der Waals surface area contributed by atoms with Gasteiger partial charge in [0.05, 0.1) is 12.1 Å². The zero-order chi connectivity index (χ0) is 18.9. The summed E-state index contributed by atoms with van der Waals surface area (Å²) in [5.41, 5.74) is 0.260. The minimum atomic E-state index is -0.655. The first kappa shape index (κ1) is 19.0. The van der Waals surface area contributed by atoms with Crippen molar-refractivity contribution in [2.75, 3.05) is 27.2 Å². The summed E-state index contributed by atoms with van der Waals surface area (Å²) in [5.74, 6) is -0.340. The molecule has 2 aromatic carbocycles. The van der Waals surface area contributed by atoms with Crippen molar-refractivity contribution in [2.24, 2.45) is 0 Å². The average Bonchev–Trinajstić information content (AvgIpc) is 2.65. The Hall–Kier alpha value is -3.35. The van der Waals surface area contributed by atoms with Crippen LogP contribution in [0.25, 0.3) is 0 Å². The van der Waals surface area contributed by atoms with Crippen molar-refractivity contribution in [2.45, 2.75) is 0 Å². The number of likely N-dealkylation sites (N-methyl/N-ethyl adjacent to an activating group) is 1. The Morgan fingerprint density at radius 2 is 1.65 bits per heavy atom. The Kier molecular flexibility index (Phi) is 6.73. The number of hydrogen-bond acceptors (Lipinski definition) is 5. The second kappa shape index (κ2) is 9.22. The summed E-state index contributed by atoms with van der Waals surface area (Å²) in [4.78, 5) is 36.4. The van der Waals surface area contributed by atoms with Crippen LogP contribution in [0.5, 0.6) is 11.5 Å². The van der Waals surface area contributed by atoms with Crippen molar-refractivity contribution < 1.29 is 23.9 Å². The number of benzene rings is 2. The standard InChI is InChI=1S/C19H20N2O5/c1-21(2)18(23)12-20-17(22)13-25-19(24)14-7-6-10-16(11-14)26-15-8-4-3-5-9-15/h3-11H,12-13H2,1-2H3,(H,20,22). The first-order valence-corrected chi connectivity index (χ1v) is 7.92. The molecule has 0 spiro atoms. The smallest absolute Gasteiger partial charge is 0.338 e. The third kappa shape index (κ3) is 5.94. The van der Waals surface area contributed by atoms with Crippen molar-refractivity contribution in [1.29, 1.82) is 0 Å². The van der Waals surface area contributed by atoms with E-state index in [1.807, 2.05) is 18.2 Å². The molecule has 0 aliphatic rings. The molecule has 0 radical (unpaired) electrons. The van der Waals surface area contributed by atoms with Crippen LogP contribution in [-0.2, 0) is 14.3 Å². The molecule has 0 atom stereocenters. The SMILES string of the molecule is CN(C)C(=O)CNC(=O)COC(=O)c1cccc(Oc2ccccc2)c1. The highest BCUT2D eigenvalue weighted by atomic mass is 16.5. The largest absolute Gasteiger partial charge is 0.457 e. The number of rotatable bonds is 7. The van der Waals surface area contributed by atoms with E-state index in [2.05, 4.69) is 5.32 Å². The van der Waals surface area contributed by atoms with Gasteiger partial charge in [0.1, 0.15) is 11.5 Å². The first-order valence-electron chi connectivity index (χ1n) is 7.92. The third-order valence-corrected chi connectivity index (χ3v) is 3.32. The number of nitrogens with zero attached hydrogens (tertiary/aromatic N) is 1. The predicted octanol–water partition coefficient (Wildman–Crippen LogP) is 1.84. The van der Waals surface area contributed by atoms with Gasteiger partial charge < -0.3 is 19.7 Å². The second-order valence-electron chi connectivity index (χ2n) is 5.58. The molecule has 0 aliphatic heterocycles. The van der Waals surface area contributed by atoms with Crippen LogP contribution >= 0.6 is 0 Å². The molecular formula is C19H20N2O5. The molecule has 0 saturated heterocycles. The second-order valence-corrected chi connectivity index (χ2v) is 5.58. The highest BCUT2D eigenvalue weighted by molar-refractivity contribution is 5.92. The van der Waals surface area contributed by atoms with E-state index in [0.29, 0.717) is 11.5 Å². The lowest BCUT2D eigenvalue weighted by molar-refractivity contribution is -0.131. The van der Waals surface area contributed by atoms with Gasteiger partial charge in [0.15, 0.2) is 6.61 Å². The van der Waals surface area contributed by atoms with Gasteiger partial charge in [-0.1, -0.05) is 24.3 Å².